The average Bonchev–Trinajstić information content (AvgIpc) is 2.46. The number of hydrogen-bond acceptors (Lipinski definition) is 1. The Hall–Kier alpha value is -1.79. The lowest BCUT2D eigenvalue weighted by molar-refractivity contribution is -0.692. The third-order valence-corrected chi connectivity index (χ3v) is 3.67. The van der Waals surface area contributed by atoms with E-state index in [1.807, 2.05) is 0 Å². The Bertz CT molecular complexity index is 497. The van der Waals surface area contributed by atoms with Crippen molar-refractivity contribution in [1.82, 2.24) is 5.32 Å². The summed E-state index contributed by atoms with van der Waals surface area (Å²) < 4.78 is 0. The Labute approximate surface area is 134 Å². The molecule has 0 aromatic heterocycles. The summed E-state index contributed by atoms with van der Waals surface area (Å²) in [4.78, 5) is 11.7. The van der Waals surface area contributed by atoms with Crippen LogP contribution in [0.5, 0.6) is 0 Å². The van der Waals surface area contributed by atoms with Gasteiger partial charge in [0, 0.05) is 11.5 Å². The SMILES string of the molecule is C#CCNC(=O)C[NH2+][C@H](c1ccc(CC(C)C)cc1)C(C)C. The minimum atomic E-state index is -0.0139. The van der Waals surface area contributed by atoms with Crippen LogP contribution in [0, 0.1) is 24.2 Å². The number of carbonyl (C=O) groups is 1. The van der Waals surface area contributed by atoms with Gasteiger partial charge in [-0.1, -0.05) is 57.9 Å². The van der Waals surface area contributed by atoms with E-state index in [0.29, 0.717) is 24.9 Å². The molecule has 0 fully saturated rings. The summed E-state index contributed by atoms with van der Waals surface area (Å²) in [5, 5.41) is 4.79. The number of carbonyl (C=O) groups excluding carboxylic acids is 1. The van der Waals surface area contributed by atoms with Crippen molar-refractivity contribution in [3.05, 3.63) is 35.4 Å². The summed E-state index contributed by atoms with van der Waals surface area (Å²) in [5.41, 5.74) is 2.64. The molecule has 0 bridgehead atoms. The third kappa shape index (κ3) is 6.32. The minimum Gasteiger partial charge on any atom is -0.340 e. The van der Waals surface area contributed by atoms with Crippen molar-refractivity contribution in [2.24, 2.45) is 11.8 Å². The first-order chi connectivity index (χ1) is 10.4. The molecular weight excluding hydrogens is 272 g/mol. The summed E-state index contributed by atoms with van der Waals surface area (Å²) in [5.74, 6) is 3.52. The van der Waals surface area contributed by atoms with Crippen molar-refractivity contribution in [3.8, 4) is 12.3 Å². The van der Waals surface area contributed by atoms with Crippen LogP contribution < -0.4 is 10.6 Å². The standard InChI is InChI=1S/C19H28N2O/c1-6-11-20-18(22)13-21-19(15(4)5)17-9-7-16(8-10-17)12-14(2)3/h1,7-10,14-15,19,21H,11-13H2,2-5H3,(H,20,22)/p+1/t19-/m0/s1. The fourth-order valence-corrected chi connectivity index (χ4v) is 2.60. The molecule has 0 aliphatic carbocycles. The monoisotopic (exact) mass is 301 g/mol. The number of quaternary nitrogens is 1. The van der Waals surface area contributed by atoms with Gasteiger partial charge < -0.3 is 10.6 Å². The lowest BCUT2D eigenvalue weighted by Crippen LogP contribution is -2.88. The highest BCUT2D eigenvalue weighted by atomic mass is 16.1. The van der Waals surface area contributed by atoms with E-state index in [4.69, 9.17) is 6.42 Å². The summed E-state index contributed by atoms with van der Waals surface area (Å²) >= 11 is 0. The van der Waals surface area contributed by atoms with E-state index in [2.05, 4.69) is 68.5 Å². The topological polar surface area (TPSA) is 45.7 Å². The van der Waals surface area contributed by atoms with Crippen LogP contribution in [0.2, 0.25) is 0 Å². The van der Waals surface area contributed by atoms with Gasteiger partial charge in [-0.25, -0.2) is 0 Å². The molecule has 0 heterocycles. The number of benzene rings is 1. The Kier molecular flexibility index (Phi) is 7.70. The quantitative estimate of drug-likeness (QED) is 0.708. The molecule has 3 nitrogen and oxygen atoms in total. The van der Waals surface area contributed by atoms with Gasteiger partial charge in [0.15, 0.2) is 6.54 Å². The van der Waals surface area contributed by atoms with Crippen molar-refractivity contribution < 1.29 is 10.1 Å². The molecule has 0 saturated heterocycles. The number of rotatable bonds is 8. The van der Waals surface area contributed by atoms with E-state index in [1.165, 1.54) is 11.1 Å². The summed E-state index contributed by atoms with van der Waals surface area (Å²) in [6.07, 6.45) is 6.25. The number of nitrogens with one attached hydrogen (secondary N) is 1. The van der Waals surface area contributed by atoms with Crippen LogP contribution in [0.1, 0.15) is 44.9 Å². The molecule has 1 aromatic rings. The third-order valence-electron chi connectivity index (χ3n) is 3.67. The van der Waals surface area contributed by atoms with Crippen molar-refractivity contribution in [2.45, 2.75) is 40.2 Å². The Morgan fingerprint density at radius 3 is 2.36 bits per heavy atom. The Morgan fingerprint density at radius 2 is 1.86 bits per heavy atom. The largest absolute Gasteiger partial charge is 0.340 e. The maximum Gasteiger partial charge on any atom is 0.275 e. The first-order valence-corrected chi connectivity index (χ1v) is 8.06. The Morgan fingerprint density at radius 1 is 1.23 bits per heavy atom. The second kappa shape index (κ2) is 9.27. The molecule has 1 amide bonds. The molecule has 0 aliphatic heterocycles. The molecule has 0 spiro atoms. The summed E-state index contributed by atoms with van der Waals surface area (Å²) in [6, 6.07) is 9.08. The van der Waals surface area contributed by atoms with E-state index in [1.54, 1.807) is 0 Å². The minimum absolute atomic E-state index is 0.0139. The number of amides is 1. The second-order valence-electron chi connectivity index (χ2n) is 6.53. The van der Waals surface area contributed by atoms with Crippen LogP contribution in [0.15, 0.2) is 24.3 Å². The number of hydrogen-bond donors (Lipinski definition) is 2. The molecule has 3 N–H and O–H groups in total. The van der Waals surface area contributed by atoms with Gasteiger partial charge in [-0.2, -0.15) is 0 Å². The van der Waals surface area contributed by atoms with E-state index < -0.39 is 0 Å². The highest BCUT2D eigenvalue weighted by Gasteiger charge is 2.20. The lowest BCUT2D eigenvalue weighted by Gasteiger charge is -2.20. The van der Waals surface area contributed by atoms with Crippen molar-refractivity contribution >= 4 is 5.91 Å². The van der Waals surface area contributed by atoms with Gasteiger partial charge in [0.05, 0.1) is 6.54 Å². The fraction of sp³-hybridized carbons (Fsp3) is 0.526. The van der Waals surface area contributed by atoms with Crippen LogP contribution in [0.4, 0.5) is 0 Å². The number of nitrogens with two attached hydrogens (primary N) is 1. The van der Waals surface area contributed by atoms with Gasteiger partial charge in [0.25, 0.3) is 5.91 Å². The molecule has 1 rings (SSSR count). The first-order valence-electron chi connectivity index (χ1n) is 8.06. The zero-order valence-electron chi connectivity index (χ0n) is 14.2. The molecule has 0 aliphatic rings. The predicted molar refractivity (Wildman–Crippen MR) is 91.2 cm³/mol. The first kappa shape index (κ1) is 18.3. The molecular formula is C19H29N2O+. The van der Waals surface area contributed by atoms with Gasteiger partial charge in [0.1, 0.15) is 6.04 Å². The van der Waals surface area contributed by atoms with Crippen LogP contribution in [0.3, 0.4) is 0 Å². The van der Waals surface area contributed by atoms with Crippen LogP contribution >= 0.6 is 0 Å². The van der Waals surface area contributed by atoms with Gasteiger partial charge in [-0.05, 0) is 17.9 Å². The van der Waals surface area contributed by atoms with E-state index >= 15 is 0 Å². The van der Waals surface area contributed by atoms with Gasteiger partial charge in [-0.3, -0.25) is 4.79 Å². The van der Waals surface area contributed by atoms with Crippen molar-refractivity contribution in [1.29, 1.82) is 0 Å². The molecule has 0 unspecified atom stereocenters. The van der Waals surface area contributed by atoms with Crippen molar-refractivity contribution in [2.75, 3.05) is 13.1 Å². The number of terminal acetylenes is 1. The van der Waals surface area contributed by atoms with Gasteiger partial charge >= 0.3 is 0 Å². The molecule has 1 aromatic carbocycles. The van der Waals surface area contributed by atoms with Crippen LogP contribution in [0.25, 0.3) is 0 Å². The summed E-state index contributed by atoms with van der Waals surface area (Å²) in [6.45, 7) is 9.52. The second-order valence-corrected chi connectivity index (χ2v) is 6.53. The zero-order valence-corrected chi connectivity index (χ0v) is 14.2. The maximum atomic E-state index is 11.7. The van der Waals surface area contributed by atoms with E-state index in [0.717, 1.165) is 6.42 Å². The van der Waals surface area contributed by atoms with Gasteiger partial charge in [-0.15, -0.1) is 6.42 Å². The molecule has 3 heteroatoms. The Balaban J connectivity index is 2.67. The maximum absolute atomic E-state index is 11.7. The van der Waals surface area contributed by atoms with Crippen LogP contribution in [-0.2, 0) is 11.2 Å². The molecule has 0 saturated carbocycles. The van der Waals surface area contributed by atoms with Gasteiger partial charge in [0.2, 0.25) is 0 Å². The van der Waals surface area contributed by atoms with Crippen molar-refractivity contribution in [3.63, 3.8) is 0 Å². The normalized spacial score (nSPS) is 12.2. The molecule has 120 valence electrons. The molecule has 0 radical (unpaired) electrons. The predicted octanol–water partition coefficient (Wildman–Crippen LogP) is 1.90. The average molecular weight is 301 g/mol. The van der Waals surface area contributed by atoms with E-state index in [-0.39, 0.29) is 11.9 Å². The van der Waals surface area contributed by atoms with Crippen LogP contribution in [-0.4, -0.2) is 19.0 Å². The molecule has 22 heavy (non-hydrogen) atoms. The lowest BCUT2D eigenvalue weighted by atomic mass is 9.94. The van der Waals surface area contributed by atoms with E-state index in [9.17, 15) is 4.79 Å². The zero-order chi connectivity index (χ0) is 16.5. The molecule has 1 atom stereocenters. The summed E-state index contributed by atoms with van der Waals surface area (Å²) in [7, 11) is 0. The highest BCUT2D eigenvalue weighted by Crippen LogP contribution is 2.19. The highest BCUT2D eigenvalue weighted by molar-refractivity contribution is 5.76. The smallest absolute Gasteiger partial charge is 0.275 e. The fourth-order valence-electron chi connectivity index (χ4n) is 2.60.